The maximum Gasteiger partial charge on any atom is 0.266 e. The van der Waals surface area contributed by atoms with Gasteiger partial charge in [-0.3, -0.25) is 24.0 Å². The summed E-state index contributed by atoms with van der Waals surface area (Å²) in [4.78, 5) is 59.0. The van der Waals surface area contributed by atoms with Crippen molar-refractivity contribution in [1.29, 1.82) is 0 Å². The van der Waals surface area contributed by atoms with Gasteiger partial charge in [-0.25, -0.2) is 9.96 Å². The van der Waals surface area contributed by atoms with E-state index in [4.69, 9.17) is 15.3 Å². The Morgan fingerprint density at radius 1 is 0.771 bits per heavy atom. The van der Waals surface area contributed by atoms with E-state index in [1.165, 1.54) is 51.4 Å². The van der Waals surface area contributed by atoms with Crippen LogP contribution in [-0.2, 0) is 19.2 Å². The molecule has 0 saturated carbocycles. The fourth-order valence-corrected chi connectivity index (χ4v) is 6.40. The van der Waals surface area contributed by atoms with Crippen LogP contribution < -0.4 is 25.8 Å². The molecule has 2 aliphatic heterocycles. The number of carbonyl (C=O) groups is 4. The van der Waals surface area contributed by atoms with Gasteiger partial charge in [0.1, 0.15) is 11.7 Å². The third-order valence-electron chi connectivity index (χ3n) is 8.93. The Labute approximate surface area is 282 Å². The van der Waals surface area contributed by atoms with E-state index in [0.717, 1.165) is 23.3 Å². The Balaban J connectivity index is 1.20. The van der Waals surface area contributed by atoms with Crippen molar-refractivity contribution in [1.82, 2.24) is 5.32 Å². The molecule has 2 heterocycles. The van der Waals surface area contributed by atoms with E-state index >= 15 is 0 Å². The molecule has 3 aromatic carbocycles. The van der Waals surface area contributed by atoms with Crippen LogP contribution in [0.3, 0.4) is 0 Å². The van der Waals surface area contributed by atoms with Crippen LogP contribution in [0.5, 0.6) is 5.75 Å². The van der Waals surface area contributed by atoms with Crippen molar-refractivity contribution in [2.45, 2.75) is 83.3 Å². The molecule has 10 nitrogen and oxygen atoms in total. The topological polar surface area (TPSA) is 131 Å². The van der Waals surface area contributed by atoms with Gasteiger partial charge in [-0.15, -0.1) is 0 Å². The van der Waals surface area contributed by atoms with Crippen LogP contribution in [-0.4, -0.2) is 42.9 Å². The monoisotopic (exact) mass is 654 g/mol. The normalized spacial score (nSPS) is 18.6. The summed E-state index contributed by atoms with van der Waals surface area (Å²) in [6.45, 7) is 2.59. The number of amides is 4. The lowest BCUT2D eigenvalue weighted by Gasteiger charge is -2.29. The molecule has 2 fully saturated rings. The van der Waals surface area contributed by atoms with Crippen molar-refractivity contribution < 1.29 is 28.8 Å². The molecule has 10 heteroatoms. The second-order valence-corrected chi connectivity index (χ2v) is 12.5. The van der Waals surface area contributed by atoms with Crippen LogP contribution in [0.2, 0.25) is 0 Å². The number of nitrogens with one attached hydrogen (secondary N) is 1. The molecule has 3 atom stereocenters. The Bertz CT molecular complexity index is 1530. The number of unbranched alkanes of at least 4 members (excludes halogenated alkanes) is 9. The number of carbonyl (C=O) groups excluding carboxylic acids is 4. The van der Waals surface area contributed by atoms with Gasteiger partial charge in [-0.05, 0) is 60.5 Å². The van der Waals surface area contributed by atoms with E-state index in [9.17, 15) is 19.2 Å². The molecule has 0 aliphatic carbocycles. The van der Waals surface area contributed by atoms with E-state index in [0.29, 0.717) is 29.2 Å². The molecule has 3 N–H and O–H groups in total. The van der Waals surface area contributed by atoms with Gasteiger partial charge in [-0.1, -0.05) is 95.0 Å². The van der Waals surface area contributed by atoms with Crippen molar-refractivity contribution in [3.05, 3.63) is 90.0 Å². The molecule has 5 rings (SSSR count). The lowest BCUT2D eigenvalue weighted by molar-refractivity contribution is -0.126. The average Bonchev–Trinajstić information content (AvgIpc) is 3.61. The zero-order valence-electron chi connectivity index (χ0n) is 27.6. The summed E-state index contributed by atoms with van der Waals surface area (Å²) in [5.74, 6) is -2.00. The van der Waals surface area contributed by atoms with E-state index in [1.54, 1.807) is 53.6 Å². The second-order valence-electron chi connectivity index (χ2n) is 12.5. The fourth-order valence-electron chi connectivity index (χ4n) is 6.40. The van der Waals surface area contributed by atoms with E-state index < -0.39 is 29.9 Å². The number of imide groups is 1. The Hall–Kier alpha value is -4.70. The number of hydroxylamine groups is 1. The van der Waals surface area contributed by atoms with Gasteiger partial charge in [0.05, 0.1) is 17.4 Å². The first-order valence-corrected chi connectivity index (χ1v) is 17.2. The van der Waals surface area contributed by atoms with Crippen molar-refractivity contribution in [2.75, 3.05) is 23.1 Å². The number of hydrogen-bond donors (Lipinski definition) is 2. The predicted molar refractivity (Wildman–Crippen MR) is 184 cm³/mol. The minimum absolute atomic E-state index is 0.182. The third-order valence-corrected chi connectivity index (χ3v) is 8.93. The van der Waals surface area contributed by atoms with E-state index in [1.807, 2.05) is 30.3 Å². The number of hydrogen-bond acceptors (Lipinski definition) is 7. The summed E-state index contributed by atoms with van der Waals surface area (Å²) >= 11 is 0. The smallest absolute Gasteiger partial charge is 0.266 e. The highest BCUT2D eigenvalue weighted by atomic mass is 16.7. The number of ether oxygens (including phenoxy) is 1. The summed E-state index contributed by atoms with van der Waals surface area (Å²) in [5, 5.41) is 4.60. The molecule has 0 aromatic heterocycles. The number of rotatable bonds is 18. The van der Waals surface area contributed by atoms with Gasteiger partial charge in [0.15, 0.2) is 12.7 Å². The number of anilines is 2. The van der Waals surface area contributed by atoms with Crippen molar-refractivity contribution >= 4 is 35.0 Å². The molecule has 0 bridgehead atoms. The molecule has 0 spiro atoms. The summed E-state index contributed by atoms with van der Waals surface area (Å²) in [6, 6.07) is 22.2. The van der Waals surface area contributed by atoms with Gasteiger partial charge in [0, 0.05) is 12.1 Å². The molecule has 2 aliphatic rings. The highest BCUT2D eigenvalue weighted by Gasteiger charge is 2.60. The van der Waals surface area contributed by atoms with Crippen molar-refractivity contribution in [3.8, 4) is 5.75 Å². The van der Waals surface area contributed by atoms with Gasteiger partial charge in [0.25, 0.3) is 17.7 Å². The average molecular weight is 655 g/mol. The van der Waals surface area contributed by atoms with Crippen molar-refractivity contribution in [2.24, 2.45) is 11.7 Å². The molecular formula is C38H46N4O6. The summed E-state index contributed by atoms with van der Waals surface area (Å²) in [5.41, 5.74) is 7.48. The van der Waals surface area contributed by atoms with Gasteiger partial charge in [0.2, 0.25) is 5.91 Å². The standard InChI is InChI=1S/C38H46N4O6/c1-2-3-4-5-6-7-8-9-10-14-25-40-36(44)28-17-21-29(22-18-28)41-37(45)33-34(27-19-23-31(24-20-27)47-26-32(39)43)42(48-35(33)38(41)46)30-15-12-11-13-16-30/h11-13,15-24,33-35H,2-10,14,25-26H2,1H3,(H2,39,43)(H,40,44). The Kier molecular flexibility index (Phi) is 12.2. The maximum absolute atomic E-state index is 14.0. The third kappa shape index (κ3) is 8.41. The summed E-state index contributed by atoms with van der Waals surface area (Å²) < 4.78 is 5.40. The first-order valence-electron chi connectivity index (χ1n) is 17.2. The number of fused-ring (bicyclic) bond motifs is 1. The van der Waals surface area contributed by atoms with E-state index in [-0.39, 0.29) is 18.4 Å². The van der Waals surface area contributed by atoms with E-state index in [2.05, 4.69) is 12.2 Å². The maximum atomic E-state index is 14.0. The summed E-state index contributed by atoms with van der Waals surface area (Å²) in [6.07, 6.45) is 11.3. The largest absolute Gasteiger partial charge is 0.484 e. The quantitative estimate of drug-likeness (QED) is 0.122. The number of para-hydroxylation sites is 1. The first kappa shape index (κ1) is 34.6. The molecule has 3 unspecified atom stereocenters. The molecule has 2 saturated heterocycles. The minimum atomic E-state index is -1.03. The highest BCUT2D eigenvalue weighted by molar-refractivity contribution is 6.24. The van der Waals surface area contributed by atoms with Crippen LogP contribution in [0.1, 0.15) is 93.1 Å². The summed E-state index contributed by atoms with van der Waals surface area (Å²) in [7, 11) is 0. The molecule has 0 radical (unpaired) electrons. The Morgan fingerprint density at radius 2 is 1.40 bits per heavy atom. The lowest BCUT2D eigenvalue weighted by atomic mass is 9.90. The number of nitrogens with zero attached hydrogens (tertiary/aromatic N) is 2. The molecule has 4 amide bonds. The number of primary amides is 1. The SMILES string of the molecule is CCCCCCCCCCCCNC(=O)c1ccc(N2C(=O)C3ON(c4ccccc4)C(c4ccc(OCC(N)=O)cc4)C3C2=O)cc1. The lowest BCUT2D eigenvalue weighted by Crippen LogP contribution is -2.37. The number of benzene rings is 3. The first-order chi connectivity index (χ1) is 23.4. The fraction of sp³-hybridized carbons (Fsp3) is 0.421. The van der Waals surface area contributed by atoms with Gasteiger partial charge < -0.3 is 15.8 Å². The van der Waals surface area contributed by atoms with Crippen LogP contribution in [0.25, 0.3) is 0 Å². The van der Waals surface area contributed by atoms with Crippen LogP contribution in [0.4, 0.5) is 11.4 Å². The van der Waals surface area contributed by atoms with Crippen LogP contribution >= 0.6 is 0 Å². The van der Waals surface area contributed by atoms with Gasteiger partial charge >= 0.3 is 0 Å². The van der Waals surface area contributed by atoms with Crippen LogP contribution in [0, 0.1) is 5.92 Å². The highest BCUT2D eigenvalue weighted by Crippen LogP contribution is 2.47. The van der Waals surface area contributed by atoms with Crippen molar-refractivity contribution in [3.63, 3.8) is 0 Å². The molecule has 48 heavy (non-hydrogen) atoms. The molecule has 3 aromatic rings. The molecular weight excluding hydrogens is 608 g/mol. The second kappa shape index (κ2) is 16.9. The van der Waals surface area contributed by atoms with Gasteiger partial charge in [-0.2, -0.15) is 0 Å². The predicted octanol–water partition coefficient (Wildman–Crippen LogP) is 6.25. The Morgan fingerprint density at radius 3 is 2.02 bits per heavy atom. The zero-order valence-corrected chi connectivity index (χ0v) is 27.6. The minimum Gasteiger partial charge on any atom is -0.484 e. The zero-order chi connectivity index (χ0) is 33.9. The number of nitrogens with two attached hydrogens (primary N) is 1. The van der Waals surface area contributed by atoms with Crippen LogP contribution in [0.15, 0.2) is 78.9 Å². The molecule has 254 valence electrons.